The quantitative estimate of drug-likeness (QED) is 0.467. The minimum atomic E-state index is -0.285. The van der Waals surface area contributed by atoms with Gasteiger partial charge in [-0.3, -0.25) is 0 Å². The smallest absolute Gasteiger partial charge is 0.123 e. The summed E-state index contributed by atoms with van der Waals surface area (Å²) < 4.78 is 15.8. The van der Waals surface area contributed by atoms with Gasteiger partial charge < -0.3 is 4.57 Å². The Hall–Kier alpha value is -1.40. The molecule has 0 aliphatic heterocycles. The Kier molecular flexibility index (Phi) is 6.12. The third-order valence-electron chi connectivity index (χ3n) is 3.57. The Morgan fingerprint density at radius 2 is 1.96 bits per heavy atom. The maximum absolute atomic E-state index is 13.1. The molecule has 1 aromatic heterocycles. The lowest BCUT2D eigenvalue weighted by Crippen LogP contribution is -2.08. The minimum absolute atomic E-state index is 0.0310. The molecule has 0 amide bonds. The molecule has 1 atom stereocenters. The van der Waals surface area contributed by atoms with Crippen molar-refractivity contribution in [3.63, 3.8) is 0 Å². The van der Waals surface area contributed by atoms with E-state index in [1.807, 2.05) is 22.9 Å². The molecular weight excluding hydrogens is 398 g/mol. The SMILES string of the molecule is Fc1ccc(C(=S)SC(Cn2ccnc2)c2ccc(Cl)cc2Cl)cc1. The van der Waals surface area contributed by atoms with Crippen molar-refractivity contribution in [1.29, 1.82) is 0 Å². The molecule has 0 radical (unpaired) electrons. The molecule has 0 N–H and O–H groups in total. The number of aromatic nitrogens is 2. The maximum atomic E-state index is 13.1. The van der Waals surface area contributed by atoms with Crippen LogP contribution in [0, 0.1) is 5.82 Å². The second-order valence-corrected chi connectivity index (χ2v) is 8.05. The van der Waals surface area contributed by atoms with Gasteiger partial charge in [0.2, 0.25) is 0 Å². The average molecular weight is 411 g/mol. The third-order valence-corrected chi connectivity index (χ3v) is 5.80. The fourth-order valence-electron chi connectivity index (χ4n) is 2.33. The Morgan fingerprint density at radius 1 is 1.20 bits per heavy atom. The fourth-order valence-corrected chi connectivity index (χ4v) is 4.53. The van der Waals surface area contributed by atoms with E-state index in [0.29, 0.717) is 20.8 Å². The minimum Gasteiger partial charge on any atom is -0.336 e. The predicted molar refractivity (Wildman–Crippen MR) is 107 cm³/mol. The molecule has 0 fully saturated rings. The van der Waals surface area contributed by atoms with Crippen molar-refractivity contribution in [2.24, 2.45) is 0 Å². The number of hydrogen-bond donors (Lipinski definition) is 0. The number of thioether (sulfide) groups is 1. The summed E-state index contributed by atoms with van der Waals surface area (Å²) in [4.78, 5) is 4.08. The molecule has 3 rings (SSSR count). The zero-order valence-electron chi connectivity index (χ0n) is 12.9. The number of hydrogen-bond acceptors (Lipinski definition) is 3. The molecule has 0 spiro atoms. The summed E-state index contributed by atoms with van der Waals surface area (Å²) in [5.41, 5.74) is 1.75. The van der Waals surface area contributed by atoms with Crippen LogP contribution in [0.25, 0.3) is 0 Å². The van der Waals surface area contributed by atoms with E-state index in [0.717, 1.165) is 11.1 Å². The first kappa shape index (κ1) is 18.4. The second-order valence-electron chi connectivity index (χ2n) is 5.33. The summed E-state index contributed by atoms with van der Waals surface area (Å²) in [6.45, 7) is 0.646. The van der Waals surface area contributed by atoms with Gasteiger partial charge >= 0.3 is 0 Å². The van der Waals surface area contributed by atoms with Crippen molar-refractivity contribution >= 4 is 51.4 Å². The summed E-state index contributed by atoms with van der Waals surface area (Å²) in [6.07, 6.45) is 5.36. The molecule has 1 heterocycles. The van der Waals surface area contributed by atoms with E-state index in [2.05, 4.69) is 4.98 Å². The molecule has 0 aliphatic carbocycles. The summed E-state index contributed by atoms with van der Waals surface area (Å²) in [7, 11) is 0. The highest BCUT2D eigenvalue weighted by molar-refractivity contribution is 8.23. The predicted octanol–water partition coefficient (Wildman–Crippen LogP) is 6.18. The number of benzene rings is 2. The van der Waals surface area contributed by atoms with Gasteiger partial charge in [-0.15, -0.1) is 11.8 Å². The van der Waals surface area contributed by atoms with Crippen LogP contribution < -0.4 is 0 Å². The zero-order chi connectivity index (χ0) is 17.8. The number of nitrogens with zero attached hydrogens (tertiary/aromatic N) is 2. The first-order valence-electron chi connectivity index (χ1n) is 7.40. The van der Waals surface area contributed by atoms with E-state index < -0.39 is 0 Å². The molecule has 2 nitrogen and oxygen atoms in total. The second kappa shape index (κ2) is 8.32. The molecule has 7 heteroatoms. The Morgan fingerprint density at radius 3 is 2.60 bits per heavy atom. The largest absolute Gasteiger partial charge is 0.336 e. The molecule has 0 aliphatic rings. The van der Waals surface area contributed by atoms with E-state index in [1.165, 1.54) is 23.9 Å². The van der Waals surface area contributed by atoms with E-state index in [4.69, 9.17) is 35.4 Å². The van der Waals surface area contributed by atoms with E-state index >= 15 is 0 Å². The van der Waals surface area contributed by atoms with E-state index in [9.17, 15) is 4.39 Å². The lowest BCUT2D eigenvalue weighted by molar-refractivity contribution is 0.628. The van der Waals surface area contributed by atoms with Crippen molar-refractivity contribution in [2.45, 2.75) is 11.8 Å². The average Bonchev–Trinajstić information content (AvgIpc) is 3.08. The Bertz CT molecular complexity index is 867. The molecule has 25 heavy (non-hydrogen) atoms. The highest BCUT2D eigenvalue weighted by atomic mass is 35.5. The van der Waals surface area contributed by atoms with Gasteiger partial charge in [-0.25, -0.2) is 9.37 Å². The van der Waals surface area contributed by atoms with Crippen molar-refractivity contribution in [2.75, 3.05) is 0 Å². The molecular formula is C18H13Cl2FN2S2. The standard InChI is InChI=1S/C18H13Cl2FN2S2/c19-13-3-6-15(16(20)9-13)17(10-23-8-7-22-11-23)25-18(24)12-1-4-14(21)5-2-12/h1-9,11,17H,10H2. The lowest BCUT2D eigenvalue weighted by atomic mass is 10.1. The normalized spacial score (nSPS) is 12.1. The molecule has 1 unspecified atom stereocenters. The first-order valence-corrected chi connectivity index (χ1v) is 9.44. The number of halogens is 3. The van der Waals surface area contributed by atoms with Crippen LogP contribution in [-0.2, 0) is 6.54 Å². The van der Waals surface area contributed by atoms with Crippen LogP contribution in [0.4, 0.5) is 4.39 Å². The molecule has 2 aromatic carbocycles. The fraction of sp³-hybridized carbons (Fsp3) is 0.111. The summed E-state index contributed by atoms with van der Waals surface area (Å²) in [5.74, 6) is -0.285. The van der Waals surface area contributed by atoms with Gasteiger partial charge in [0.25, 0.3) is 0 Å². The monoisotopic (exact) mass is 410 g/mol. The molecule has 0 saturated carbocycles. The Balaban J connectivity index is 1.87. The van der Waals surface area contributed by atoms with Gasteiger partial charge in [0.05, 0.1) is 15.8 Å². The van der Waals surface area contributed by atoms with Crippen molar-refractivity contribution in [3.8, 4) is 0 Å². The van der Waals surface area contributed by atoms with Crippen molar-refractivity contribution in [3.05, 3.63) is 88.2 Å². The lowest BCUT2D eigenvalue weighted by Gasteiger charge is -2.19. The van der Waals surface area contributed by atoms with Gasteiger partial charge in [-0.2, -0.15) is 0 Å². The Labute approximate surface area is 165 Å². The summed E-state index contributed by atoms with van der Waals surface area (Å²) in [5, 5.41) is 1.14. The number of rotatable bonds is 5. The van der Waals surface area contributed by atoms with Crippen molar-refractivity contribution < 1.29 is 4.39 Å². The molecule has 0 bridgehead atoms. The van der Waals surface area contributed by atoms with Crippen LogP contribution in [0.5, 0.6) is 0 Å². The van der Waals surface area contributed by atoms with Gasteiger partial charge in [-0.05, 0) is 35.4 Å². The molecule has 128 valence electrons. The van der Waals surface area contributed by atoms with Crippen LogP contribution in [0.3, 0.4) is 0 Å². The van der Waals surface area contributed by atoms with Gasteiger partial charge in [0.15, 0.2) is 0 Å². The van der Waals surface area contributed by atoms with Gasteiger partial charge in [0.1, 0.15) is 5.82 Å². The van der Waals surface area contributed by atoms with Crippen LogP contribution in [0.1, 0.15) is 16.4 Å². The van der Waals surface area contributed by atoms with Gasteiger partial charge in [0, 0.05) is 29.0 Å². The van der Waals surface area contributed by atoms with Crippen LogP contribution in [0.2, 0.25) is 10.0 Å². The highest BCUT2D eigenvalue weighted by Crippen LogP contribution is 2.38. The van der Waals surface area contributed by atoms with Crippen LogP contribution >= 0.6 is 47.2 Å². The zero-order valence-corrected chi connectivity index (χ0v) is 16.0. The van der Waals surface area contributed by atoms with Crippen LogP contribution in [0.15, 0.2) is 61.2 Å². The highest BCUT2D eigenvalue weighted by Gasteiger charge is 2.19. The van der Waals surface area contributed by atoms with Crippen molar-refractivity contribution in [1.82, 2.24) is 9.55 Å². The topological polar surface area (TPSA) is 17.8 Å². The maximum Gasteiger partial charge on any atom is 0.123 e. The molecule has 3 aromatic rings. The van der Waals surface area contributed by atoms with E-state index in [-0.39, 0.29) is 11.1 Å². The summed E-state index contributed by atoms with van der Waals surface area (Å²) >= 11 is 19.5. The summed E-state index contributed by atoms with van der Waals surface area (Å²) in [6, 6.07) is 11.6. The molecule has 0 saturated heterocycles. The van der Waals surface area contributed by atoms with Gasteiger partial charge in [-0.1, -0.05) is 53.6 Å². The number of thiocarbonyl (C=S) groups is 1. The van der Waals surface area contributed by atoms with E-state index in [1.54, 1.807) is 30.7 Å². The first-order chi connectivity index (χ1) is 12.0. The third kappa shape index (κ3) is 4.82. The van der Waals surface area contributed by atoms with Crippen LogP contribution in [-0.4, -0.2) is 13.7 Å². The number of imidazole rings is 1.